The Hall–Kier alpha value is -0.940. The number of hydrogen-bond donors (Lipinski definition) is 2. The second-order valence-electron chi connectivity index (χ2n) is 6.35. The van der Waals surface area contributed by atoms with Crippen molar-refractivity contribution in [2.45, 2.75) is 69.9 Å². The SMILES string of the molecule is CCCC1CCC(c2noc([C@@H]3CC(O)CN3)n2)CC1. The van der Waals surface area contributed by atoms with Gasteiger partial charge < -0.3 is 14.9 Å². The van der Waals surface area contributed by atoms with Gasteiger partial charge in [-0.1, -0.05) is 24.9 Å². The molecule has 1 saturated carbocycles. The van der Waals surface area contributed by atoms with Crippen LogP contribution in [0.15, 0.2) is 4.52 Å². The van der Waals surface area contributed by atoms with Crippen molar-refractivity contribution in [3.05, 3.63) is 11.7 Å². The smallest absolute Gasteiger partial charge is 0.243 e. The molecule has 5 nitrogen and oxygen atoms in total. The maximum Gasteiger partial charge on any atom is 0.243 e. The van der Waals surface area contributed by atoms with Gasteiger partial charge in [-0.15, -0.1) is 0 Å². The molecule has 1 aliphatic carbocycles. The summed E-state index contributed by atoms with van der Waals surface area (Å²) in [5.74, 6) is 2.88. The molecule has 112 valence electrons. The second-order valence-corrected chi connectivity index (χ2v) is 6.35. The molecule has 2 heterocycles. The van der Waals surface area contributed by atoms with E-state index in [1.807, 2.05) is 0 Å². The van der Waals surface area contributed by atoms with E-state index in [2.05, 4.69) is 22.4 Å². The molecule has 1 aromatic heterocycles. The van der Waals surface area contributed by atoms with E-state index in [0.29, 0.717) is 24.8 Å². The highest BCUT2D eigenvalue weighted by Gasteiger charge is 2.30. The van der Waals surface area contributed by atoms with E-state index < -0.39 is 0 Å². The summed E-state index contributed by atoms with van der Waals surface area (Å²) in [7, 11) is 0. The fourth-order valence-corrected chi connectivity index (χ4v) is 3.58. The number of nitrogens with zero attached hydrogens (tertiary/aromatic N) is 2. The highest BCUT2D eigenvalue weighted by molar-refractivity contribution is 5.02. The summed E-state index contributed by atoms with van der Waals surface area (Å²) in [6.45, 7) is 2.88. The molecule has 0 bridgehead atoms. The van der Waals surface area contributed by atoms with Crippen molar-refractivity contribution in [3.8, 4) is 0 Å². The fraction of sp³-hybridized carbons (Fsp3) is 0.867. The normalized spacial score (nSPS) is 34.5. The van der Waals surface area contributed by atoms with E-state index in [1.54, 1.807) is 0 Å². The van der Waals surface area contributed by atoms with Crippen LogP contribution in [0.2, 0.25) is 0 Å². The minimum absolute atomic E-state index is 0.0303. The lowest BCUT2D eigenvalue weighted by atomic mass is 9.80. The number of aliphatic hydroxyl groups excluding tert-OH is 1. The molecular weight excluding hydrogens is 254 g/mol. The minimum Gasteiger partial charge on any atom is -0.392 e. The van der Waals surface area contributed by atoms with Crippen LogP contribution < -0.4 is 5.32 Å². The van der Waals surface area contributed by atoms with Crippen LogP contribution in [0, 0.1) is 5.92 Å². The van der Waals surface area contributed by atoms with Gasteiger partial charge in [-0.3, -0.25) is 0 Å². The third kappa shape index (κ3) is 3.04. The van der Waals surface area contributed by atoms with Gasteiger partial charge in [0.15, 0.2) is 5.82 Å². The maximum atomic E-state index is 9.54. The van der Waals surface area contributed by atoms with Crippen LogP contribution in [0.25, 0.3) is 0 Å². The molecule has 1 aromatic rings. The highest BCUT2D eigenvalue weighted by atomic mass is 16.5. The Balaban J connectivity index is 1.57. The molecular formula is C15H25N3O2. The zero-order valence-corrected chi connectivity index (χ0v) is 12.2. The van der Waals surface area contributed by atoms with E-state index in [-0.39, 0.29) is 12.1 Å². The zero-order valence-electron chi connectivity index (χ0n) is 12.2. The first-order valence-corrected chi connectivity index (χ1v) is 8.01. The quantitative estimate of drug-likeness (QED) is 0.886. The number of nitrogens with one attached hydrogen (secondary N) is 1. The number of aliphatic hydroxyl groups is 1. The summed E-state index contributed by atoms with van der Waals surface area (Å²) in [5, 5.41) is 16.9. The molecule has 2 atom stereocenters. The zero-order chi connectivity index (χ0) is 13.9. The standard InChI is InChI=1S/C15H25N3O2/c1-2-3-10-4-6-11(7-5-10)14-17-15(20-18-14)13-8-12(19)9-16-13/h10-13,16,19H,2-9H2,1H3/t10?,11?,12?,13-/m0/s1. The summed E-state index contributed by atoms with van der Waals surface area (Å²) < 4.78 is 5.39. The molecule has 1 unspecified atom stereocenters. The Morgan fingerprint density at radius 2 is 2.10 bits per heavy atom. The second kappa shape index (κ2) is 6.22. The van der Waals surface area contributed by atoms with E-state index in [9.17, 15) is 5.11 Å². The van der Waals surface area contributed by atoms with Crippen LogP contribution in [0.5, 0.6) is 0 Å². The number of rotatable bonds is 4. The molecule has 2 aliphatic rings. The number of aromatic nitrogens is 2. The monoisotopic (exact) mass is 279 g/mol. The Bertz CT molecular complexity index is 427. The van der Waals surface area contributed by atoms with Crippen molar-refractivity contribution in [1.82, 2.24) is 15.5 Å². The van der Waals surface area contributed by atoms with Crippen LogP contribution in [-0.4, -0.2) is 27.9 Å². The van der Waals surface area contributed by atoms with Crippen molar-refractivity contribution in [2.24, 2.45) is 5.92 Å². The lowest BCUT2D eigenvalue weighted by Gasteiger charge is -2.26. The molecule has 0 radical (unpaired) electrons. The molecule has 1 saturated heterocycles. The summed E-state index contributed by atoms with van der Waals surface area (Å²) in [6, 6.07) is 0.0303. The lowest BCUT2D eigenvalue weighted by molar-refractivity contribution is 0.191. The molecule has 0 aromatic carbocycles. The van der Waals surface area contributed by atoms with Crippen molar-refractivity contribution < 1.29 is 9.63 Å². The van der Waals surface area contributed by atoms with Gasteiger partial charge in [0, 0.05) is 12.5 Å². The molecule has 0 spiro atoms. The van der Waals surface area contributed by atoms with Crippen LogP contribution in [-0.2, 0) is 0 Å². The Labute approximate surface area is 120 Å². The van der Waals surface area contributed by atoms with Crippen LogP contribution in [0.4, 0.5) is 0 Å². The molecule has 5 heteroatoms. The van der Waals surface area contributed by atoms with Gasteiger partial charge in [0.05, 0.1) is 12.1 Å². The first-order chi connectivity index (χ1) is 9.76. The van der Waals surface area contributed by atoms with E-state index in [4.69, 9.17) is 4.52 Å². The molecule has 20 heavy (non-hydrogen) atoms. The average molecular weight is 279 g/mol. The van der Waals surface area contributed by atoms with Crippen molar-refractivity contribution >= 4 is 0 Å². The van der Waals surface area contributed by atoms with E-state index in [0.717, 1.165) is 11.7 Å². The molecule has 1 aliphatic heterocycles. The van der Waals surface area contributed by atoms with Gasteiger partial charge in [-0.05, 0) is 38.0 Å². The van der Waals surface area contributed by atoms with Gasteiger partial charge in [0.25, 0.3) is 0 Å². The molecule has 0 amide bonds. The van der Waals surface area contributed by atoms with Gasteiger partial charge >= 0.3 is 0 Å². The summed E-state index contributed by atoms with van der Waals surface area (Å²) in [5.41, 5.74) is 0. The van der Waals surface area contributed by atoms with Crippen LogP contribution in [0.3, 0.4) is 0 Å². The van der Waals surface area contributed by atoms with E-state index >= 15 is 0 Å². The Kier molecular flexibility index (Phi) is 4.36. The first kappa shape index (κ1) is 14.0. The first-order valence-electron chi connectivity index (χ1n) is 8.01. The maximum absolute atomic E-state index is 9.54. The average Bonchev–Trinajstić information content (AvgIpc) is 3.09. The summed E-state index contributed by atoms with van der Waals surface area (Å²) in [6.07, 6.45) is 7.98. The third-order valence-corrected chi connectivity index (χ3v) is 4.77. The van der Waals surface area contributed by atoms with Crippen molar-refractivity contribution in [1.29, 1.82) is 0 Å². The predicted molar refractivity (Wildman–Crippen MR) is 75.3 cm³/mol. The van der Waals surface area contributed by atoms with Gasteiger partial charge in [-0.2, -0.15) is 4.98 Å². The summed E-state index contributed by atoms with van der Waals surface area (Å²) >= 11 is 0. The number of β-amino-alcohol motifs (C(OH)–C–C–N with tert-alkyl or cyclic N) is 1. The summed E-state index contributed by atoms with van der Waals surface area (Å²) in [4.78, 5) is 4.57. The predicted octanol–water partition coefficient (Wildman–Crippen LogP) is 2.54. The Morgan fingerprint density at radius 1 is 1.30 bits per heavy atom. The topological polar surface area (TPSA) is 71.2 Å². The Morgan fingerprint density at radius 3 is 2.75 bits per heavy atom. The van der Waals surface area contributed by atoms with Gasteiger partial charge in [0.2, 0.25) is 5.89 Å². The van der Waals surface area contributed by atoms with Gasteiger partial charge in [-0.25, -0.2) is 0 Å². The molecule has 2 N–H and O–H groups in total. The van der Waals surface area contributed by atoms with Crippen LogP contribution in [0.1, 0.15) is 75.5 Å². The number of hydrogen-bond acceptors (Lipinski definition) is 5. The van der Waals surface area contributed by atoms with Crippen molar-refractivity contribution in [3.63, 3.8) is 0 Å². The lowest BCUT2D eigenvalue weighted by Crippen LogP contribution is -2.16. The molecule has 3 rings (SSSR count). The minimum atomic E-state index is -0.292. The van der Waals surface area contributed by atoms with Crippen LogP contribution >= 0.6 is 0 Å². The van der Waals surface area contributed by atoms with Gasteiger partial charge in [0.1, 0.15) is 0 Å². The largest absolute Gasteiger partial charge is 0.392 e. The third-order valence-electron chi connectivity index (χ3n) is 4.77. The van der Waals surface area contributed by atoms with E-state index in [1.165, 1.54) is 38.5 Å². The highest BCUT2D eigenvalue weighted by Crippen LogP contribution is 2.36. The van der Waals surface area contributed by atoms with Crippen molar-refractivity contribution in [2.75, 3.05) is 6.54 Å². The molecule has 2 fully saturated rings. The fourth-order valence-electron chi connectivity index (χ4n) is 3.58.